The van der Waals surface area contributed by atoms with Crippen LogP contribution in [0.25, 0.3) is 0 Å². The number of benzene rings is 1. The van der Waals surface area contributed by atoms with Gasteiger partial charge in [-0.1, -0.05) is 30.3 Å². The highest BCUT2D eigenvalue weighted by molar-refractivity contribution is 7.51. The van der Waals surface area contributed by atoms with E-state index in [-0.39, 0.29) is 6.54 Å². The lowest BCUT2D eigenvalue weighted by Gasteiger charge is -2.21. The summed E-state index contributed by atoms with van der Waals surface area (Å²) in [6, 6.07) is 7.15. The number of rotatable bonds is 4. The van der Waals surface area contributed by atoms with Crippen LogP contribution >= 0.6 is 7.60 Å². The molecule has 19 heavy (non-hydrogen) atoms. The molecule has 1 aliphatic heterocycles. The van der Waals surface area contributed by atoms with E-state index in [2.05, 4.69) is 5.32 Å². The number of amides is 3. The van der Waals surface area contributed by atoms with Crippen LogP contribution in [0.15, 0.2) is 30.3 Å². The van der Waals surface area contributed by atoms with Gasteiger partial charge in [0.05, 0.1) is 6.16 Å². The van der Waals surface area contributed by atoms with Gasteiger partial charge in [0, 0.05) is 6.54 Å². The van der Waals surface area contributed by atoms with E-state index in [9.17, 15) is 14.2 Å². The highest BCUT2D eigenvalue weighted by Crippen LogP contribution is 2.37. The molecule has 0 aliphatic carbocycles. The minimum absolute atomic E-state index is 0.128. The summed E-state index contributed by atoms with van der Waals surface area (Å²) < 4.78 is 11.0. The van der Waals surface area contributed by atoms with Crippen molar-refractivity contribution in [3.8, 4) is 0 Å². The van der Waals surface area contributed by atoms with Gasteiger partial charge in [0.25, 0.3) is 5.91 Å². The molecule has 1 aromatic rings. The van der Waals surface area contributed by atoms with E-state index in [1.807, 2.05) is 6.07 Å². The summed E-state index contributed by atoms with van der Waals surface area (Å²) in [4.78, 5) is 42.2. The maximum absolute atomic E-state index is 11.6. The van der Waals surface area contributed by atoms with Crippen LogP contribution in [0.1, 0.15) is 5.56 Å². The maximum atomic E-state index is 11.6. The van der Waals surface area contributed by atoms with Crippen LogP contribution < -0.4 is 5.32 Å². The van der Waals surface area contributed by atoms with E-state index in [0.717, 1.165) is 10.5 Å². The van der Waals surface area contributed by atoms with E-state index in [0.29, 0.717) is 0 Å². The Bertz CT molecular complexity index is 541. The molecule has 1 atom stereocenters. The quantitative estimate of drug-likeness (QED) is 0.544. The number of hydrogen-bond acceptors (Lipinski definition) is 3. The zero-order valence-electron chi connectivity index (χ0n) is 9.89. The largest absolute Gasteiger partial charge is 0.328 e. The van der Waals surface area contributed by atoms with E-state index >= 15 is 0 Å². The first kappa shape index (κ1) is 13.7. The lowest BCUT2D eigenvalue weighted by atomic mass is 10.2. The second kappa shape index (κ2) is 5.13. The summed E-state index contributed by atoms with van der Waals surface area (Å²) in [5.74, 6) is -0.677. The van der Waals surface area contributed by atoms with Crippen molar-refractivity contribution in [3.63, 3.8) is 0 Å². The molecule has 2 rings (SSSR count). The number of urea groups is 1. The van der Waals surface area contributed by atoms with E-state index < -0.39 is 31.7 Å². The molecular formula is C11H13N2O5P. The Morgan fingerprint density at radius 2 is 1.84 bits per heavy atom. The predicted octanol–water partition coefficient (Wildman–Crippen LogP) is 0.285. The van der Waals surface area contributed by atoms with Crippen LogP contribution in [0.2, 0.25) is 0 Å². The zero-order valence-corrected chi connectivity index (χ0v) is 10.8. The minimum atomic E-state index is -4.38. The van der Waals surface area contributed by atoms with Crippen molar-refractivity contribution in [1.82, 2.24) is 10.2 Å². The third-order valence-electron chi connectivity index (χ3n) is 2.78. The van der Waals surface area contributed by atoms with Crippen LogP contribution in [0, 0.1) is 0 Å². The van der Waals surface area contributed by atoms with Crippen molar-refractivity contribution in [2.24, 2.45) is 0 Å². The highest BCUT2D eigenvalue weighted by Gasteiger charge is 2.41. The predicted molar refractivity (Wildman–Crippen MR) is 66.2 cm³/mol. The van der Waals surface area contributed by atoms with Crippen LogP contribution in [-0.2, 0) is 15.9 Å². The first-order valence-electron chi connectivity index (χ1n) is 5.57. The standard InChI is InChI=1S/C11H13N2O5P/c14-10-9(7-19(16,17)18)13(11(15)12-10)6-8-4-2-1-3-5-8/h1-5,9H,6-7H2,(H,12,14,15)(H2,16,17,18). The van der Waals surface area contributed by atoms with Gasteiger partial charge in [0.2, 0.25) is 0 Å². The molecule has 0 radical (unpaired) electrons. The molecule has 3 amide bonds. The van der Waals surface area contributed by atoms with Crippen LogP contribution in [0.4, 0.5) is 4.79 Å². The van der Waals surface area contributed by atoms with E-state index in [1.165, 1.54) is 0 Å². The average molecular weight is 284 g/mol. The van der Waals surface area contributed by atoms with Gasteiger partial charge in [-0.15, -0.1) is 0 Å². The molecule has 1 heterocycles. The molecule has 0 saturated carbocycles. The maximum Gasteiger partial charge on any atom is 0.328 e. The molecule has 8 heteroatoms. The van der Waals surface area contributed by atoms with Gasteiger partial charge in [-0.25, -0.2) is 4.79 Å². The van der Waals surface area contributed by atoms with Crippen LogP contribution in [0.5, 0.6) is 0 Å². The second-order valence-electron chi connectivity index (χ2n) is 4.27. The fraction of sp³-hybridized carbons (Fsp3) is 0.273. The second-order valence-corrected chi connectivity index (χ2v) is 5.97. The van der Waals surface area contributed by atoms with Gasteiger partial charge in [-0.05, 0) is 5.56 Å². The molecule has 7 nitrogen and oxygen atoms in total. The number of nitrogens with one attached hydrogen (secondary N) is 1. The summed E-state index contributed by atoms with van der Waals surface area (Å²) in [6.45, 7) is 0.128. The van der Waals surface area contributed by atoms with Crippen molar-refractivity contribution in [3.05, 3.63) is 35.9 Å². The van der Waals surface area contributed by atoms with Crippen molar-refractivity contribution in [1.29, 1.82) is 0 Å². The first-order valence-corrected chi connectivity index (χ1v) is 7.36. The molecule has 0 spiro atoms. The minimum Gasteiger partial charge on any atom is -0.324 e. The molecule has 102 valence electrons. The summed E-state index contributed by atoms with van der Waals surface area (Å²) in [7, 11) is -4.38. The van der Waals surface area contributed by atoms with Gasteiger partial charge >= 0.3 is 13.6 Å². The molecule has 1 fully saturated rings. The SMILES string of the molecule is O=C1NC(=O)N(Cc2ccccc2)C1CP(=O)(O)O. The lowest BCUT2D eigenvalue weighted by molar-refractivity contribution is -0.121. The topological polar surface area (TPSA) is 107 Å². The smallest absolute Gasteiger partial charge is 0.324 e. The lowest BCUT2D eigenvalue weighted by Crippen LogP contribution is -2.37. The highest BCUT2D eigenvalue weighted by atomic mass is 31.2. The number of hydrogen-bond donors (Lipinski definition) is 3. The molecular weight excluding hydrogens is 271 g/mol. The van der Waals surface area contributed by atoms with Crippen LogP contribution in [-0.4, -0.2) is 38.8 Å². The number of nitrogens with zero attached hydrogens (tertiary/aromatic N) is 1. The third-order valence-corrected chi connectivity index (χ3v) is 3.60. The number of carbonyl (C=O) groups excluding carboxylic acids is 2. The molecule has 1 aromatic carbocycles. The van der Waals surface area contributed by atoms with Gasteiger partial charge in [-0.2, -0.15) is 0 Å². The Balaban J connectivity index is 2.18. The van der Waals surface area contributed by atoms with E-state index in [4.69, 9.17) is 9.79 Å². The molecule has 1 saturated heterocycles. The number of imide groups is 1. The fourth-order valence-electron chi connectivity index (χ4n) is 1.91. The monoisotopic (exact) mass is 284 g/mol. The molecule has 0 aromatic heterocycles. The van der Waals surface area contributed by atoms with Gasteiger partial charge in [-0.3, -0.25) is 14.7 Å². The molecule has 3 N–H and O–H groups in total. The summed E-state index contributed by atoms with van der Waals surface area (Å²) >= 11 is 0. The zero-order chi connectivity index (χ0) is 14.0. The van der Waals surface area contributed by atoms with Crippen molar-refractivity contribution >= 4 is 19.5 Å². The first-order chi connectivity index (χ1) is 8.87. The normalized spacial score (nSPS) is 19.7. The Hall–Kier alpha value is -1.69. The molecule has 1 unspecified atom stereocenters. The van der Waals surface area contributed by atoms with Crippen molar-refractivity contribution in [2.75, 3.05) is 6.16 Å². The Morgan fingerprint density at radius 3 is 2.42 bits per heavy atom. The Labute approximate surface area is 109 Å². The summed E-state index contributed by atoms with van der Waals surface area (Å²) in [6.07, 6.45) is -0.669. The van der Waals surface area contributed by atoms with Crippen LogP contribution in [0.3, 0.4) is 0 Å². The number of carbonyl (C=O) groups is 2. The summed E-state index contributed by atoms with van der Waals surface area (Å²) in [5, 5.41) is 2.06. The van der Waals surface area contributed by atoms with Gasteiger partial charge in [0.15, 0.2) is 0 Å². The van der Waals surface area contributed by atoms with E-state index in [1.54, 1.807) is 24.3 Å². The van der Waals surface area contributed by atoms with Gasteiger partial charge in [0.1, 0.15) is 6.04 Å². The van der Waals surface area contributed by atoms with Crippen molar-refractivity contribution < 1.29 is 23.9 Å². The average Bonchev–Trinajstić information content (AvgIpc) is 2.56. The molecule has 1 aliphatic rings. The molecule has 0 bridgehead atoms. The summed E-state index contributed by atoms with van der Waals surface area (Å²) in [5.41, 5.74) is 0.781. The van der Waals surface area contributed by atoms with Gasteiger partial charge < -0.3 is 14.7 Å². The van der Waals surface area contributed by atoms with Crippen molar-refractivity contribution in [2.45, 2.75) is 12.6 Å². The Morgan fingerprint density at radius 1 is 1.21 bits per heavy atom. The Kier molecular flexibility index (Phi) is 3.71. The fourth-order valence-corrected chi connectivity index (χ4v) is 2.73. The third kappa shape index (κ3) is 3.41.